The van der Waals surface area contributed by atoms with Crippen LogP contribution in [0.4, 0.5) is 0 Å². The molecule has 0 saturated heterocycles. The van der Waals surface area contributed by atoms with Crippen LogP contribution in [0.1, 0.15) is 45.4 Å². The van der Waals surface area contributed by atoms with Crippen molar-refractivity contribution in [3.05, 3.63) is 12.2 Å². The van der Waals surface area contributed by atoms with Gasteiger partial charge in [0.2, 0.25) is 0 Å². The van der Waals surface area contributed by atoms with Gasteiger partial charge in [0.1, 0.15) is 0 Å². The molecule has 1 rings (SSSR count). The van der Waals surface area contributed by atoms with E-state index in [0.29, 0.717) is 5.92 Å². The Morgan fingerprint density at radius 2 is 2.33 bits per heavy atom. The molecule has 70 valence electrons. The van der Waals surface area contributed by atoms with Crippen LogP contribution in [0.25, 0.3) is 0 Å². The molecule has 0 aromatic heterocycles. The lowest BCUT2D eigenvalue weighted by molar-refractivity contribution is 0.102. The molecule has 1 saturated carbocycles. The van der Waals surface area contributed by atoms with E-state index in [1.54, 1.807) is 0 Å². The zero-order valence-corrected chi connectivity index (χ0v) is 8.05. The molecule has 2 unspecified atom stereocenters. The third kappa shape index (κ3) is 2.63. The molecule has 12 heavy (non-hydrogen) atoms. The Morgan fingerprint density at radius 1 is 1.58 bits per heavy atom. The highest BCUT2D eigenvalue weighted by Gasteiger charge is 2.21. The molecule has 0 bridgehead atoms. The van der Waals surface area contributed by atoms with E-state index in [1.165, 1.54) is 31.3 Å². The Morgan fingerprint density at radius 3 is 3.00 bits per heavy atom. The van der Waals surface area contributed by atoms with Crippen molar-refractivity contribution in [3.63, 3.8) is 0 Å². The maximum absolute atomic E-state index is 9.79. The van der Waals surface area contributed by atoms with Crippen LogP contribution in [0.5, 0.6) is 0 Å². The second-order valence-corrected chi connectivity index (χ2v) is 3.96. The average molecular weight is 168 g/mol. The van der Waals surface area contributed by atoms with Crippen LogP contribution in [0.2, 0.25) is 0 Å². The van der Waals surface area contributed by atoms with Gasteiger partial charge >= 0.3 is 0 Å². The number of rotatable bonds is 2. The van der Waals surface area contributed by atoms with Crippen molar-refractivity contribution in [2.45, 2.75) is 51.6 Å². The van der Waals surface area contributed by atoms with Gasteiger partial charge in [0.05, 0.1) is 6.10 Å². The van der Waals surface area contributed by atoms with Gasteiger partial charge in [0.25, 0.3) is 0 Å². The molecule has 0 amide bonds. The van der Waals surface area contributed by atoms with Gasteiger partial charge in [-0.15, -0.1) is 0 Å². The van der Waals surface area contributed by atoms with Crippen LogP contribution < -0.4 is 0 Å². The first-order valence-electron chi connectivity index (χ1n) is 5.08. The molecule has 1 aliphatic rings. The quantitative estimate of drug-likeness (QED) is 0.496. The van der Waals surface area contributed by atoms with Crippen LogP contribution in [-0.2, 0) is 0 Å². The summed E-state index contributed by atoms with van der Waals surface area (Å²) in [5.74, 6) is 0.536. The van der Waals surface area contributed by atoms with Gasteiger partial charge in [-0.25, -0.2) is 0 Å². The van der Waals surface area contributed by atoms with Gasteiger partial charge in [-0.3, -0.25) is 0 Å². The van der Waals surface area contributed by atoms with E-state index < -0.39 is 0 Å². The molecule has 1 fully saturated rings. The van der Waals surface area contributed by atoms with Crippen molar-refractivity contribution in [1.82, 2.24) is 0 Å². The minimum atomic E-state index is -0.111. The first kappa shape index (κ1) is 9.79. The molecule has 1 N–H and O–H groups in total. The number of aliphatic hydroxyl groups excluding tert-OH is 1. The predicted molar refractivity (Wildman–Crippen MR) is 52.0 cm³/mol. The zero-order chi connectivity index (χ0) is 8.97. The Balaban J connectivity index is 2.45. The predicted octanol–water partition coefficient (Wildman–Crippen LogP) is 2.89. The van der Waals surface area contributed by atoms with Gasteiger partial charge in [0.15, 0.2) is 0 Å². The van der Waals surface area contributed by atoms with Crippen molar-refractivity contribution in [1.29, 1.82) is 0 Å². The van der Waals surface area contributed by atoms with Crippen LogP contribution >= 0.6 is 0 Å². The monoisotopic (exact) mass is 168 g/mol. The SMILES string of the molecule is C=C1CCCC(CCC)C(O)C1. The lowest BCUT2D eigenvalue weighted by atomic mass is 9.92. The summed E-state index contributed by atoms with van der Waals surface area (Å²) in [6, 6.07) is 0. The molecule has 0 radical (unpaired) electrons. The van der Waals surface area contributed by atoms with E-state index in [1.807, 2.05) is 0 Å². The second-order valence-electron chi connectivity index (χ2n) is 3.96. The van der Waals surface area contributed by atoms with Crippen molar-refractivity contribution < 1.29 is 5.11 Å². The standard InChI is InChI=1S/C11H20O/c1-3-5-10-7-4-6-9(2)8-11(10)12/h10-12H,2-8H2,1H3. The molecule has 0 aromatic rings. The summed E-state index contributed by atoms with van der Waals surface area (Å²) in [6.45, 7) is 6.15. The Kier molecular flexibility index (Phi) is 3.80. The fourth-order valence-electron chi connectivity index (χ4n) is 2.08. The number of hydrogen-bond donors (Lipinski definition) is 1. The number of aliphatic hydroxyl groups is 1. The van der Waals surface area contributed by atoms with Gasteiger partial charge in [-0.05, 0) is 38.0 Å². The molecule has 0 aliphatic heterocycles. The van der Waals surface area contributed by atoms with Crippen LogP contribution in [0.15, 0.2) is 12.2 Å². The summed E-state index contributed by atoms with van der Waals surface area (Å²) in [7, 11) is 0. The van der Waals surface area contributed by atoms with Crippen LogP contribution in [0.3, 0.4) is 0 Å². The summed E-state index contributed by atoms with van der Waals surface area (Å²) in [5, 5.41) is 9.79. The normalized spacial score (nSPS) is 31.7. The van der Waals surface area contributed by atoms with Gasteiger partial charge in [-0.2, -0.15) is 0 Å². The van der Waals surface area contributed by atoms with Gasteiger partial charge in [-0.1, -0.05) is 25.5 Å². The van der Waals surface area contributed by atoms with Gasteiger partial charge < -0.3 is 5.11 Å². The average Bonchev–Trinajstić information content (AvgIpc) is 2.15. The highest BCUT2D eigenvalue weighted by atomic mass is 16.3. The molecule has 2 atom stereocenters. The summed E-state index contributed by atoms with van der Waals surface area (Å²) in [6.07, 6.45) is 6.62. The highest BCUT2D eigenvalue weighted by Crippen LogP contribution is 2.28. The number of hydrogen-bond acceptors (Lipinski definition) is 1. The lowest BCUT2D eigenvalue weighted by Crippen LogP contribution is -2.18. The van der Waals surface area contributed by atoms with E-state index in [4.69, 9.17) is 0 Å². The first-order chi connectivity index (χ1) is 5.74. The summed E-state index contributed by atoms with van der Waals surface area (Å²) in [5.41, 5.74) is 1.24. The van der Waals surface area contributed by atoms with Crippen molar-refractivity contribution in [2.24, 2.45) is 5.92 Å². The first-order valence-corrected chi connectivity index (χ1v) is 5.08. The van der Waals surface area contributed by atoms with Crippen molar-refractivity contribution >= 4 is 0 Å². The van der Waals surface area contributed by atoms with Crippen LogP contribution in [0, 0.1) is 5.92 Å². The van der Waals surface area contributed by atoms with Crippen molar-refractivity contribution in [3.8, 4) is 0 Å². The fourth-order valence-corrected chi connectivity index (χ4v) is 2.08. The molecule has 1 nitrogen and oxygen atoms in total. The molecule has 0 spiro atoms. The minimum absolute atomic E-state index is 0.111. The molecule has 1 heteroatoms. The van der Waals surface area contributed by atoms with Gasteiger partial charge in [0, 0.05) is 0 Å². The van der Waals surface area contributed by atoms with E-state index in [2.05, 4.69) is 13.5 Å². The molecule has 0 heterocycles. The Labute approximate surface area is 75.5 Å². The second kappa shape index (κ2) is 4.66. The Hall–Kier alpha value is -0.300. The molecular weight excluding hydrogens is 148 g/mol. The minimum Gasteiger partial charge on any atom is -0.393 e. The van der Waals surface area contributed by atoms with E-state index in [0.717, 1.165) is 12.8 Å². The van der Waals surface area contributed by atoms with Crippen molar-refractivity contribution in [2.75, 3.05) is 0 Å². The molecular formula is C11H20O. The summed E-state index contributed by atoms with van der Waals surface area (Å²) in [4.78, 5) is 0. The topological polar surface area (TPSA) is 20.2 Å². The fraction of sp³-hybridized carbons (Fsp3) is 0.818. The molecule has 0 aromatic carbocycles. The van der Waals surface area contributed by atoms with Crippen LogP contribution in [-0.4, -0.2) is 11.2 Å². The maximum Gasteiger partial charge on any atom is 0.0605 e. The van der Waals surface area contributed by atoms with E-state index >= 15 is 0 Å². The highest BCUT2D eigenvalue weighted by molar-refractivity contribution is 4.99. The van der Waals surface area contributed by atoms with E-state index in [-0.39, 0.29) is 6.10 Å². The molecule has 1 aliphatic carbocycles. The summed E-state index contributed by atoms with van der Waals surface area (Å²) >= 11 is 0. The largest absolute Gasteiger partial charge is 0.393 e. The third-order valence-electron chi connectivity index (χ3n) is 2.81. The summed E-state index contributed by atoms with van der Waals surface area (Å²) < 4.78 is 0. The Bertz CT molecular complexity index is 151. The zero-order valence-electron chi connectivity index (χ0n) is 8.05. The lowest BCUT2D eigenvalue weighted by Gasteiger charge is -2.19. The maximum atomic E-state index is 9.79. The third-order valence-corrected chi connectivity index (χ3v) is 2.81. The van der Waals surface area contributed by atoms with E-state index in [9.17, 15) is 5.11 Å². The smallest absolute Gasteiger partial charge is 0.0605 e.